The van der Waals surface area contributed by atoms with Gasteiger partial charge in [-0.2, -0.15) is 16.9 Å². The van der Waals surface area contributed by atoms with Crippen molar-refractivity contribution in [3.8, 4) is 0 Å². The molecule has 0 radical (unpaired) electrons. The van der Waals surface area contributed by atoms with Gasteiger partial charge in [-0.3, -0.25) is 4.79 Å². The summed E-state index contributed by atoms with van der Waals surface area (Å²) in [6.45, 7) is 6.25. The Morgan fingerprint density at radius 3 is 2.71 bits per heavy atom. The lowest BCUT2D eigenvalue weighted by molar-refractivity contribution is -0.113. The predicted octanol–water partition coefficient (Wildman–Crippen LogP) is 2.85. The number of carbonyl (C=O) groups excluding carboxylic acids is 1. The quantitative estimate of drug-likeness (QED) is 0.850. The Labute approximate surface area is 107 Å². The second-order valence-corrected chi connectivity index (χ2v) is 4.94. The van der Waals surface area contributed by atoms with Gasteiger partial charge in [0.1, 0.15) is 5.82 Å². The molecule has 0 saturated heterocycles. The van der Waals surface area contributed by atoms with Crippen LogP contribution in [0.2, 0.25) is 0 Å². The van der Waals surface area contributed by atoms with Crippen molar-refractivity contribution in [3.63, 3.8) is 0 Å². The fourth-order valence-electron chi connectivity index (χ4n) is 1.81. The second-order valence-electron chi connectivity index (χ2n) is 4.07. The Hall–Kier alpha value is -0.970. The van der Waals surface area contributed by atoms with Gasteiger partial charge >= 0.3 is 0 Å². The number of carbonyl (C=O) groups is 1. The minimum atomic E-state index is 0.0355. The molecule has 0 aliphatic carbocycles. The molecule has 0 spiro atoms. The van der Waals surface area contributed by atoms with Crippen LogP contribution in [0.15, 0.2) is 6.20 Å². The van der Waals surface area contributed by atoms with Gasteiger partial charge in [0.25, 0.3) is 0 Å². The summed E-state index contributed by atoms with van der Waals surface area (Å²) in [7, 11) is 0. The Morgan fingerprint density at radius 2 is 2.18 bits per heavy atom. The molecule has 4 nitrogen and oxygen atoms in total. The molecule has 1 aromatic heterocycles. The fraction of sp³-hybridized carbons (Fsp3) is 0.667. The van der Waals surface area contributed by atoms with E-state index in [9.17, 15) is 4.79 Å². The average molecular weight is 255 g/mol. The van der Waals surface area contributed by atoms with Crippen molar-refractivity contribution in [2.45, 2.75) is 39.7 Å². The maximum Gasteiger partial charge on any atom is 0.235 e. The Morgan fingerprint density at radius 1 is 1.53 bits per heavy atom. The summed E-state index contributed by atoms with van der Waals surface area (Å²) < 4.78 is 1.94. The van der Waals surface area contributed by atoms with Gasteiger partial charge in [0.15, 0.2) is 0 Å². The molecule has 1 rings (SSSR count). The van der Waals surface area contributed by atoms with Crippen LogP contribution in [-0.2, 0) is 4.79 Å². The maximum atomic E-state index is 11.6. The van der Waals surface area contributed by atoms with Crippen molar-refractivity contribution in [1.82, 2.24) is 9.78 Å². The Bertz CT molecular complexity index is 372. The first-order valence-electron chi connectivity index (χ1n) is 5.96. The first-order valence-corrected chi connectivity index (χ1v) is 7.36. The molecule has 1 heterocycles. The summed E-state index contributed by atoms with van der Waals surface area (Å²) >= 11 is 1.52. The fourth-order valence-corrected chi connectivity index (χ4v) is 2.15. The van der Waals surface area contributed by atoms with Gasteiger partial charge < -0.3 is 5.32 Å². The summed E-state index contributed by atoms with van der Waals surface area (Å²) in [6.07, 6.45) is 5.77. The number of hydrogen-bond acceptors (Lipinski definition) is 3. The van der Waals surface area contributed by atoms with E-state index in [1.807, 2.05) is 24.1 Å². The third kappa shape index (κ3) is 3.49. The van der Waals surface area contributed by atoms with E-state index in [1.165, 1.54) is 11.8 Å². The van der Waals surface area contributed by atoms with Crippen LogP contribution in [0.5, 0.6) is 0 Å². The van der Waals surface area contributed by atoms with Crippen molar-refractivity contribution < 1.29 is 4.79 Å². The highest BCUT2D eigenvalue weighted by Crippen LogP contribution is 2.23. The summed E-state index contributed by atoms with van der Waals surface area (Å²) in [4.78, 5) is 11.6. The molecule has 0 unspecified atom stereocenters. The minimum absolute atomic E-state index is 0.0355. The zero-order chi connectivity index (χ0) is 12.8. The molecule has 1 aromatic rings. The van der Waals surface area contributed by atoms with Gasteiger partial charge in [-0.15, -0.1) is 0 Å². The SMILES string of the molecule is CCC(CC)n1ncc(C)c1NC(=O)CSC. The number of amides is 1. The molecule has 0 fully saturated rings. The summed E-state index contributed by atoms with van der Waals surface area (Å²) in [5, 5.41) is 7.32. The van der Waals surface area contributed by atoms with Gasteiger partial charge in [-0.25, -0.2) is 4.68 Å². The molecular weight excluding hydrogens is 234 g/mol. The van der Waals surface area contributed by atoms with Gasteiger partial charge in [0, 0.05) is 5.56 Å². The highest BCUT2D eigenvalue weighted by molar-refractivity contribution is 7.99. The molecule has 1 amide bonds. The molecule has 5 heteroatoms. The average Bonchev–Trinajstić information content (AvgIpc) is 2.64. The van der Waals surface area contributed by atoms with Crippen LogP contribution in [0.25, 0.3) is 0 Å². The lowest BCUT2D eigenvalue weighted by Gasteiger charge is -2.17. The van der Waals surface area contributed by atoms with Crippen LogP contribution in [0.4, 0.5) is 5.82 Å². The lowest BCUT2D eigenvalue weighted by atomic mass is 10.2. The number of nitrogens with one attached hydrogen (secondary N) is 1. The van der Waals surface area contributed by atoms with E-state index < -0.39 is 0 Å². The van der Waals surface area contributed by atoms with Gasteiger partial charge in [0.05, 0.1) is 18.0 Å². The molecule has 0 atom stereocenters. The lowest BCUT2D eigenvalue weighted by Crippen LogP contribution is -2.20. The predicted molar refractivity (Wildman–Crippen MR) is 73.6 cm³/mol. The molecule has 0 bridgehead atoms. The third-order valence-electron chi connectivity index (χ3n) is 2.80. The Kier molecular flexibility index (Phi) is 5.55. The minimum Gasteiger partial charge on any atom is -0.310 e. The van der Waals surface area contributed by atoms with Gasteiger partial charge in [-0.1, -0.05) is 13.8 Å². The number of anilines is 1. The van der Waals surface area contributed by atoms with Gasteiger partial charge in [-0.05, 0) is 26.0 Å². The molecule has 0 saturated carbocycles. The molecule has 0 aliphatic heterocycles. The third-order valence-corrected chi connectivity index (χ3v) is 3.35. The summed E-state index contributed by atoms with van der Waals surface area (Å²) in [6, 6.07) is 0.355. The second kappa shape index (κ2) is 6.69. The van der Waals surface area contributed by atoms with Crippen molar-refractivity contribution >= 4 is 23.5 Å². The number of hydrogen-bond donors (Lipinski definition) is 1. The molecule has 17 heavy (non-hydrogen) atoms. The van der Waals surface area contributed by atoms with Crippen LogP contribution in [0.1, 0.15) is 38.3 Å². The number of aryl methyl sites for hydroxylation is 1. The summed E-state index contributed by atoms with van der Waals surface area (Å²) in [5.41, 5.74) is 1.02. The van der Waals surface area contributed by atoms with E-state index in [2.05, 4.69) is 24.3 Å². The largest absolute Gasteiger partial charge is 0.310 e. The highest BCUT2D eigenvalue weighted by atomic mass is 32.2. The van der Waals surface area contributed by atoms with Crippen molar-refractivity contribution in [3.05, 3.63) is 11.8 Å². The standard InChI is InChI=1S/C12H21N3OS/c1-5-10(6-2)15-12(9(3)7-13-15)14-11(16)8-17-4/h7,10H,5-6,8H2,1-4H3,(H,14,16). The van der Waals surface area contributed by atoms with E-state index >= 15 is 0 Å². The zero-order valence-corrected chi connectivity index (χ0v) is 11.8. The monoisotopic (exact) mass is 255 g/mol. The van der Waals surface area contributed by atoms with E-state index in [0.29, 0.717) is 11.8 Å². The first kappa shape index (κ1) is 14.1. The van der Waals surface area contributed by atoms with Crippen molar-refractivity contribution in [2.75, 3.05) is 17.3 Å². The Balaban J connectivity index is 2.89. The normalized spacial score (nSPS) is 10.9. The number of rotatable bonds is 6. The highest BCUT2D eigenvalue weighted by Gasteiger charge is 2.15. The molecule has 0 aliphatic rings. The van der Waals surface area contributed by atoms with Gasteiger partial charge in [0.2, 0.25) is 5.91 Å². The van der Waals surface area contributed by atoms with Crippen LogP contribution >= 0.6 is 11.8 Å². The van der Waals surface area contributed by atoms with Crippen molar-refractivity contribution in [2.24, 2.45) is 0 Å². The van der Waals surface area contributed by atoms with E-state index in [-0.39, 0.29) is 5.91 Å². The summed E-state index contributed by atoms with van der Waals surface area (Å²) in [5.74, 6) is 1.36. The smallest absolute Gasteiger partial charge is 0.235 e. The number of nitrogens with zero attached hydrogens (tertiary/aromatic N) is 2. The molecule has 1 N–H and O–H groups in total. The zero-order valence-electron chi connectivity index (χ0n) is 11.0. The van der Waals surface area contributed by atoms with Crippen LogP contribution in [0, 0.1) is 6.92 Å². The number of aromatic nitrogens is 2. The van der Waals surface area contributed by atoms with E-state index in [1.54, 1.807) is 0 Å². The topological polar surface area (TPSA) is 46.9 Å². The van der Waals surface area contributed by atoms with Crippen molar-refractivity contribution in [1.29, 1.82) is 0 Å². The first-order chi connectivity index (χ1) is 8.13. The molecular formula is C12H21N3OS. The molecule has 96 valence electrons. The maximum absolute atomic E-state index is 11.6. The van der Waals surface area contributed by atoms with E-state index in [4.69, 9.17) is 0 Å². The number of thioether (sulfide) groups is 1. The molecule has 0 aromatic carbocycles. The van der Waals surface area contributed by atoms with Crippen LogP contribution in [-0.4, -0.2) is 27.7 Å². The van der Waals surface area contributed by atoms with Crippen LogP contribution < -0.4 is 5.32 Å². The van der Waals surface area contributed by atoms with Crippen LogP contribution in [0.3, 0.4) is 0 Å². The van der Waals surface area contributed by atoms with E-state index in [0.717, 1.165) is 24.2 Å².